The van der Waals surface area contributed by atoms with E-state index in [0.29, 0.717) is 42.9 Å². The van der Waals surface area contributed by atoms with E-state index in [1.165, 1.54) is 4.90 Å². The Morgan fingerprint density at radius 2 is 1.85 bits per heavy atom. The third-order valence-electron chi connectivity index (χ3n) is 9.77. The number of nitrogens with zero attached hydrogens (tertiary/aromatic N) is 1. The molecule has 1 spiro atoms. The summed E-state index contributed by atoms with van der Waals surface area (Å²) in [5.41, 5.74) is 0.176. The fourth-order valence-electron chi connectivity index (χ4n) is 7.40. The lowest BCUT2D eigenvalue weighted by atomic mass is 9.65. The predicted octanol–water partition coefficient (Wildman–Crippen LogP) is 4.47. The first-order valence-corrected chi connectivity index (χ1v) is 15.0. The van der Waals surface area contributed by atoms with Crippen molar-refractivity contribution in [2.75, 3.05) is 11.9 Å². The van der Waals surface area contributed by atoms with Gasteiger partial charge in [0, 0.05) is 6.54 Å². The molecule has 2 aromatic rings. The number of para-hydroxylation sites is 1. The number of hydrogen-bond acceptors (Lipinski definition) is 5. The number of benzene rings is 2. The molecule has 2 bridgehead atoms. The molecule has 7 atom stereocenters. The van der Waals surface area contributed by atoms with Crippen LogP contribution in [0.15, 0.2) is 48.5 Å². The molecule has 5 rings (SSSR count). The molecule has 41 heavy (non-hydrogen) atoms. The van der Waals surface area contributed by atoms with E-state index in [9.17, 15) is 19.5 Å². The van der Waals surface area contributed by atoms with Crippen LogP contribution in [0.25, 0.3) is 0 Å². The van der Waals surface area contributed by atoms with Gasteiger partial charge < -0.3 is 25.4 Å². The number of aryl methyl sites for hydroxylation is 1. The standard InChI is InChI=1S/C32H40ClN3O5/c1-5-19(3)23(18-37)36-27(29(39)35-26-20(4)11-10-14-22(26)33)32-16-15-31(6-2,41-32)24(25(32)30(36)40)28(38)34-17-21-12-8-7-9-13-21/h7-14,19,23-25,27,37H,5-6,15-18H2,1-4H3,(H,34,38)(H,35,39)/t19-,23-,24+,25-,27?,31-,32?/m0/s1. The van der Waals surface area contributed by atoms with Crippen molar-refractivity contribution in [3.63, 3.8) is 0 Å². The second kappa shape index (κ2) is 11.4. The van der Waals surface area contributed by atoms with Crippen LogP contribution in [0.2, 0.25) is 5.02 Å². The highest BCUT2D eigenvalue weighted by Crippen LogP contribution is 2.64. The number of carbonyl (C=O) groups excluding carboxylic acids is 3. The minimum atomic E-state index is -1.19. The molecule has 3 amide bonds. The molecule has 3 heterocycles. The summed E-state index contributed by atoms with van der Waals surface area (Å²) in [5, 5.41) is 17.0. The Labute approximate surface area is 246 Å². The molecule has 2 unspecified atom stereocenters. The minimum Gasteiger partial charge on any atom is -0.394 e. The number of rotatable bonds is 10. The molecule has 8 nitrogen and oxygen atoms in total. The molecule has 0 radical (unpaired) electrons. The van der Waals surface area contributed by atoms with Crippen molar-refractivity contribution >= 4 is 35.0 Å². The molecule has 2 aromatic carbocycles. The fourth-order valence-corrected chi connectivity index (χ4v) is 7.67. The summed E-state index contributed by atoms with van der Waals surface area (Å²) in [6, 6.07) is 13.4. The van der Waals surface area contributed by atoms with E-state index < -0.39 is 41.0 Å². The number of halogens is 1. The Balaban J connectivity index is 1.56. The van der Waals surface area contributed by atoms with E-state index in [4.69, 9.17) is 16.3 Å². The van der Waals surface area contributed by atoms with Crippen molar-refractivity contribution < 1.29 is 24.2 Å². The molecule has 0 saturated carbocycles. The summed E-state index contributed by atoms with van der Waals surface area (Å²) in [6.07, 6.45) is 2.26. The number of carbonyl (C=O) groups is 3. The predicted molar refractivity (Wildman–Crippen MR) is 157 cm³/mol. The monoisotopic (exact) mass is 581 g/mol. The molecular formula is C32H40ClN3O5. The number of hydrogen-bond donors (Lipinski definition) is 3. The van der Waals surface area contributed by atoms with Gasteiger partial charge in [0.25, 0.3) is 0 Å². The molecular weight excluding hydrogens is 542 g/mol. The van der Waals surface area contributed by atoms with Crippen LogP contribution in [0.1, 0.15) is 57.6 Å². The highest BCUT2D eigenvalue weighted by Gasteiger charge is 2.79. The molecule has 0 aromatic heterocycles. The lowest BCUT2D eigenvalue weighted by Crippen LogP contribution is -2.57. The lowest BCUT2D eigenvalue weighted by molar-refractivity contribution is -0.150. The molecule has 3 N–H and O–H groups in total. The van der Waals surface area contributed by atoms with Crippen LogP contribution < -0.4 is 10.6 Å². The van der Waals surface area contributed by atoms with Gasteiger partial charge in [-0.2, -0.15) is 0 Å². The number of ether oxygens (including phenoxy) is 1. The number of fused-ring (bicyclic) bond motifs is 1. The van der Waals surface area contributed by atoms with Gasteiger partial charge in [-0.1, -0.05) is 81.3 Å². The van der Waals surface area contributed by atoms with E-state index in [1.807, 2.05) is 70.2 Å². The number of amides is 3. The summed E-state index contributed by atoms with van der Waals surface area (Å²) >= 11 is 6.47. The number of aliphatic hydroxyl groups excluding tert-OH is 1. The fraction of sp³-hybridized carbons (Fsp3) is 0.531. The summed E-state index contributed by atoms with van der Waals surface area (Å²) in [5.74, 6) is -2.66. The lowest BCUT2D eigenvalue weighted by Gasteiger charge is -2.39. The third kappa shape index (κ3) is 4.74. The van der Waals surface area contributed by atoms with Crippen LogP contribution in [-0.2, 0) is 25.7 Å². The van der Waals surface area contributed by atoms with Crippen LogP contribution in [0.4, 0.5) is 5.69 Å². The quantitative estimate of drug-likeness (QED) is 0.384. The summed E-state index contributed by atoms with van der Waals surface area (Å²) < 4.78 is 6.85. The Kier molecular flexibility index (Phi) is 8.21. The van der Waals surface area contributed by atoms with Crippen LogP contribution >= 0.6 is 11.6 Å². The van der Waals surface area contributed by atoms with Crippen LogP contribution in [0, 0.1) is 24.7 Å². The Morgan fingerprint density at radius 3 is 2.49 bits per heavy atom. The van der Waals surface area contributed by atoms with Gasteiger partial charge in [0.2, 0.25) is 17.7 Å². The van der Waals surface area contributed by atoms with E-state index in [0.717, 1.165) is 11.1 Å². The molecule has 9 heteroatoms. The maximum atomic E-state index is 14.5. The summed E-state index contributed by atoms with van der Waals surface area (Å²) in [4.78, 5) is 44.2. The van der Waals surface area contributed by atoms with Crippen LogP contribution in [0.3, 0.4) is 0 Å². The van der Waals surface area contributed by atoms with Crippen LogP contribution in [-0.4, -0.2) is 57.6 Å². The van der Waals surface area contributed by atoms with Gasteiger partial charge in [0.05, 0.1) is 40.8 Å². The SMILES string of the molecule is CC[C@H](C)[C@H](CO)N1C(=O)[C@@H]2[C@H](C(=O)NCc3ccccc3)[C@]3(CC)CCC2(O3)C1C(=O)Nc1c(C)cccc1Cl. The first-order chi connectivity index (χ1) is 19.6. The number of likely N-dealkylation sites (tertiary alicyclic amines) is 1. The molecule has 3 saturated heterocycles. The third-order valence-corrected chi connectivity index (χ3v) is 10.1. The molecule has 3 aliphatic rings. The molecule has 3 fully saturated rings. The minimum absolute atomic E-state index is 0.0841. The van der Waals surface area contributed by atoms with Crippen molar-refractivity contribution in [2.24, 2.45) is 17.8 Å². The Bertz CT molecular complexity index is 1300. The van der Waals surface area contributed by atoms with Crippen molar-refractivity contribution in [1.82, 2.24) is 10.2 Å². The zero-order chi connectivity index (χ0) is 29.5. The highest BCUT2D eigenvalue weighted by atomic mass is 35.5. The second-order valence-electron chi connectivity index (χ2n) is 11.8. The highest BCUT2D eigenvalue weighted by molar-refractivity contribution is 6.34. The van der Waals surface area contributed by atoms with Crippen molar-refractivity contribution in [3.8, 4) is 0 Å². The normalized spacial score (nSPS) is 29.8. The second-order valence-corrected chi connectivity index (χ2v) is 12.2. The van der Waals surface area contributed by atoms with E-state index in [-0.39, 0.29) is 24.3 Å². The molecule has 3 aliphatic heterocycles. The van der Waals surface area contributed by atoms with Gasteiger partial charge in [-0.05, 0) is 49.3 Å². The van der Waals surface area contributed by atoms with Gasteiger partial charge in [-0.15, -0.1) is 0 Å². The Hall–Kier alpha value is -2.94. The van der Waals surface area contributed by atoms with Gasteiger partial charge in [0.1, 0.15) is 11.6 Å². The van der Waals surface area contributed by atoms with Gasteiger partial charge in [-0.25, -0.2) is 0 Å². The maximum Gasteiger partial charge on any atom is 0.250 e. The largest absolute Gasteiger partial charge is 0.394 e. The van der Waals surface area contributed by atoms with E-state index in [2.05, 4.69) is 10.6 Å². The first kappa shape index (κ1) is 29.5. The van der Waals surface area contributed by atoms with E-state index in [1.54, 1.807) is 6.07 Å². The van der Waals surface area contributed by atoms with E-state index >= 15 is 0 Å². The number of nitrogens with one attached hydrogen (secondary N) is 2. The topological polar surface area (TPSA) is 108 Å². The van der Waals surface area contributed by atoms with Gasteiger partial charge >= 0.3 is 0 Å². The van der Waals surface area contributed by atoms with Gasteiger partial charge in [0.15, 0.2) is 0 Å². The zero-order valence-corrected chi connectivity index (χ0v) is 24.9. The van der Waals surface area contributed by atoms with Crippen molar-refractivity contribution in [1.29, 1.82) is 0 Å². The maximum absolute atomic E-state index is 14.5. The average molecular weight is 582 g/mol. The molecule has 0 aliphatic carbocycles. The molecule has 220 valence electrons. The summed E-state index contributed by atoms with van der Waals surface area (Å²) in [7, 11) is 0. The first-order valence-electron chi connectivity index (χ1n) is 14.6. The zero-order valence-electron chi connectivity index (χ0n) is 24.2. The number of aliphatic hydroxyl groups is 1. The Morgan fingerprint density at radius 1 is 1.12 bits per heavy atom. The van der Waals surface area contributed by atoms with Crippen molar-refractivity contribution in [3.05, 3.63) is 64.7 Å². The average Bonchev–Trinajstić information content (AvgIpc) is 3.58. The van der Waals surface area contributed by atoms with Crippen LogP contribution in [0.5, 0.6) is 0 Å². The number of anilines is 1. The van der Waals surface area contributed by atoms with Crippen molar-refractivity contribution in [2.45, 2.75) is 83.2 Å². The summed E-state index contributed by atoms with van der Waals surface area (Å²) in [6.45, 7) is 7.80. The van der Waals surface area contributed by atoms with Gasteiger partial charge in [-0.3, -0.25) is 14.4 Å². The smallest absolute Gasteiger partial charge is 0.250 e.